The van der Waals surface area contributed by atoms with Gasteiger partial charge in [-0.2, -0.15) is 5.26 Å². The Hall–Kier alpha value is -2.35. The summed E-state index contributed by atoms with van der Waals surface area (Å²) in [4.78, 5) is 21.4. The van der Waals surface area contributed by atoms with Crippen molar-refractivity contribution in [1.29, 1.82) is 5.26 Å². The number of nitrogens with zero attached hydrogens (tertiary/aromatic N) is 1. The Morgan fingerprint density at radius 3 is 2.40 bits per heavy atom. The van der Waals surface area contributed by atoms with Crippen LogP contribution in [0.1, 0.15) is 36.0 Å². The van der Waals surface area contributed by atoms with Crippen molar-refractivity contribution in [3.63, 3.8) is 0 Å². The maximum atomic E-state index is 11.2. The zero-order valence-corrected chi connectivity index (χ0v) is 11.6. The second kappa shape index (κ2) is 7.29. The topological polar surface area (TPSA) is 90.2 Å². The van der Waals surface area contributed by atoms with Gasteiger partial charge in [-0.15, -0.1) is 0 Å². The number of hydrogen-bond donors (Lipinski definition) is 0. The molecule has 1 aromatic carbocycles. The van der Waals surface area contributed by atoms with Crippen molar-refractivity contribution >= 4 is 11.8 Å². The molecule has 0 fully saturated rings. The monoisotopic (exact) mass is 274 g/mol. The molecule has 0 heterocycles. The molecule has 0 unspecified atom stereocenters. The molecule has 0 saturated carbocycles. The van der Waals surface area contributed by atoms with Crippen LogP contribution in [0.15, 0.2) is 12.1 Å². The molecule has 0 atom stereocenters. The summed E-state index contributed by atoms with van der Waals surface area (Å²) < 4.78 is 5.60. The number of Topliss-reactive ketones (excluding diaryl/α,β-unsaturated/α-hetero) is 1. The van der Waals surface area contributed by atoms with E-state index in [1.54, 1.807) is 12.1 Å². The number of benzene rings is 1. The van der Waals surface area contributed by atoms with Gasteiger partial charge in [-0.3, -0.25) is 4.79 Å². The van der Waals surface area contributed by atoms with Crippen LogP contribution in [0.25, 0.3) is 0 Å². The Morgan fingerprint density at radius 1 is 1.30 bits per heavy atom. The molecule has 0 spiro atoms. The summed E-state index contributed by atoms with van der Waals surface area (Å²) >= 11 is 0. The molecule has 20 heavy (non-hydrogen) atoms. The van der Waals surface area contributed by atoms with Gasteiger partial charge in [0.2, 0.25) is 0 Å². The van der Waals surface area contributed by atoms with E-state index < -0.39 is 12.4 Å². The Morgan fingerprint density at radius 2 is 1.90 bits per heavy atom. The van der Waals surface area contributed by atoms with Gasteiger partial charge >= 0.3 is 0 Å². The molecular formula is C15H16NO4-. The van der Waals surface area contributed by atoms with Crippen LogP contribution in [0, 0.1) is 25.2 Å². The van der Waals surface area contributed by atoms with Gasteiger partial charge in [-0.25, -0.2) is 0 Å². The molecule has 5 nitrogen and oxygen atoms in total. The highest BCUT2D eigenvalue weighted by Crippen LogP contribution is 2.24. The Kier molecular flexibility index (Phi) is 5.73. The average Bonchev–Trinajstić information content (AvgIpc) is 2.35. The molecule has 1 rings (SSSR count). The third kappa shape index (κ3) is 4.73. The number of ketones is 1. The van der Waals surface area contributed by atoms with E-state index in [-0.39, 0.29) is 12.2 Å². The minimum absolute atomic E-state index is 0.155. The fourth-order valence-electron chi connectivity index (χ4n) is 1.94. The Balaban J connectivity index is 2.49. The van der Waals surface area contributed by atoms with Crippen molar-refractivity contribution in [2.24, 2.45) is 0 Å². The van der Waals surface area contributed by atoms with Crippen LogP contribution in [-0.2, 0) is 9.59 Å². The molecule has 0 saturated heterocycles. The minimum atomic E-state index is -1.35. The number of ether oxygens (including phenoxy) is 1. The maximum Gasteiger partial charge on any atom is 0.138 e. The minimum Gasteiger partial charge on any atom is -0.550 e. The highest BCUT2D eigenvalue weighted by Gasteiger charge is 2.07. The van der Waals surface area contributed by atoms with Crippen LogP contribution in [0.2, 0.25) is 0 Å². The number of carboxylic acid groups (broad SMARTS) is 1. The van der Waals surface area contributed by atoms with E-state index in [0.29, 0.717) is 24.3 Å². The molecule has 0 aromatic heterocycles. The summed E-state index contributed by atoms with van der Waals surface area (Å²) in [6.45, 7) is 4.03. The number of rotatable bonds is 7. The molecule has 0 aliphatic rings. The maximum absolute atomic E-state index is 11.2. The highest BCUT2D eigenvalue weighted by atomic mass is 16.5. The van der Waals surface area contributed by atoms with Gasteiger partial charge in [0.05, 0.1) is 18.2 Å². The third-order valence-corrected chi connectivity index (χ3v) is 2.78. The van der Waals surface area contributed by atoms with Crippen LogP contribution in [0.5, 0.6) is 5.75 Å². The molecule has 5 heteroatoms. The lowest BCUT2D eigenvalue weighted by Gasteiger charge is -2.12. The van der Waals surface area contributed by atoms with Crippen molar-refractivity contribution in [2.75, 3.05) is 6.61 Å². The number of carbonyl (C=O) groups is 2. The quantitative estimate of drug-likeness (QED) is 0.547. The van der Waals surface area contributed by atoms with Gasteiger partial charge in [0.15, 0.2) is 0 Å². The van der Waals surface area contributed by atoms with Gasteiger partial charge in [0, 0.05) is 18.8 Å². The van der Waals surface area contributed by atoms with Gasteiger partial charge in [0.25, 0.3) is 0 Å². The standard InChI is InChI=1S/C15H17NO4/c1-10-6-12(9-16)7-11(2)15(10)20-5-3-4-13(17)8-14(18)19/h6-7H,3-5,8H2,1-2H3,(H,18,19)/p-1. The first-order valence-corrected chi connectivity index (χ1v) is 6.29. The first-order chi connectivity index (χ1) is 9.43. The molecule has 0 bridgehead atoms. The first kappa shape index (κ1) is 15.7. The van der Waals surface area contributed by atoms with Crippen LogP contribution in [-0.4, -0.2) is 18.4 Å². The third-order valence-electron chi connectivity index (χ3n) is 2.78. The molecular weight excluding hydrogens is 258 g/mol. The van der Waals surface area contributed by atoms with Gasteiger partial charge in [-0.05, 0) is 43.5 Å². The Bertz CT molecular complexity index is 534. The van der Waals surface area contributed by atoms with Crippen molar-refractivity contribution < 1.29 is 19.4 Å². The molecule has 0 radical (unpaired) electrons. The second-order valence-corrected chi connectivity index (χ2v) is 4.59. The number of hydrogen-bond acceptors (Lipinski definition) is 5. The second-order valence-electron chi connectivity index (χ2n) is 4.59. The van der Waals surface area contributed by atoms with Crippen LogP contribution in [0.4, 0.5) is 0 Å². The van der Waals surface area contributed by atoms with E-state index in [4.69, 9.17) is 10.00 Å². The van der Waals surface area contributed by atoms with E-state index in [1.165, 1.54) is 0 Å². The van der Waals surface area contributed by atoms with E-state index in [1.807, 2.05) is 13.8 Å². The number of nitriles is 1. The summed E-state index contributed by atoms with van der Waals surface area (Å²) in [7, 11) is 0. The normalized spacial score (nSPS) is 9.85. The number of aryl methyl sites for hydroxylation is 2. The molecule has 0 aliphatic heterocycles. The lowest BCUT2D eigenvalue weighted by molar-refractivity contribution is -0.304. The SMILES string of the molecule is Cc1cc(C#N)cc(C)c1OCCCC(=O)CC(=O)[O-]. The summed E-state index contributed by atoms with van der Waals surface area (Å²) in [6.07, 6.45) is 0.0578. The first-order valence-electron chi connectivity index (χ1n) is 6.29. The van der Waals surface area contributed by atoms with Crippen LogP contribution in [0.3, 0.4) is 0 Å². The predicted molar refractivity (Wildman–Crippen MR) is 70.0 cm³/mol. The fourth-order valence-corrected chi connectivity index (χ4v) is 1.94. The average molecular weight is 274 g/mol. The fraction of sp³-hybridized carbons (Fsp3) is 0.400. The Labute approximate surface area is 117 Å². The summed E-state index contributed by atoms with van der Waals surface area (Å²) in [6, 6.07) is 5.55. The van der Waals surface area contributed by atoms with E-state index in [0.717, 1.165) is 11.1 Å². The molecule has 0 aliphatic carbocycles. The largest absolute Gasteiger partial charge is 0.550 e. The van der Waals surface area contributed by atoms with Gasteiger partial charge < -0.3 is 14.6 Å². The zero-order valence-electron chi connectivity index (χ0n) is 11.6. The van der Waals surface area contributed by atoms with Gasteiger partial charge in [0.1, 0.15) is 11.5 Å². The summed E-state index contributed by atoms with van der Waals surface area (Å²) in [5.41, 5.74) is 2.31. The predicted octanol–water partition coefficient (Wildman–Crippen LogP) is 1.04. The lowest BCUT2D eigenvalue weighted by Crippen LogP contribution is -2.25. The van der Waals surface area contributed by atoms with Crippen LogP contribution >= 0.6 is 0 Å². The van der Waals surface area contributed by atoms with Crippen LogP contribution < -0.4 is 9.84 Å². The molecule has 1 aromatic rings. The number of carboxylic acids is 1. The van der Waals surface area contributed by atoms with Crippen molar-refractivity contribution in [3.05, 3.63) is 28.8 Å². The van der Waals surface area contributed by atoms with Crippen molar-refractivity contribution in [3.8, 4) is 11.8 Å². The number of aliphatic carboxylic acids is 1. The van der Waals surface area contributed by atoms with Crippen molar-refractivity contribution in [1.82, 2.24) is 0 Å². The van der Waals surface area contributed by atoms with Gasteiger partial charge in [-0.1, -0.05) is 0 Å². The highest BCUT2D eigenvalue weighted by molar-refractivity contribution is 5.93. The zero-order chi connectivity index (χ0) is 15.1. The summed E-state index contributed by atoms with van der Waals surface area (Å²) in [5.74, 6) is -1.01. The van der Waals surface area contributed by atoms with E-state index >= 15 is 0 Å². The molecule has 0 N–H and O–H groups in total. The van der Waals surface area contributed by atoms with E-state index in [9.17, 15) is 14.7 Å². The number of carbonyl (C=O) groups excluding carboxylic acids is 2. The lowest BCUT2D eigenvalue weighted by atomic mass is 10.1. The summed E-state index contributed by atoms with van der Waals surface area (Å²) in [5, 5.41) is 19.1. The smallest absolute Gasteiger partial charge is 0.138 e. The van der Waals surface area contributed by atoms with Crippen molar-refractivity contribution in [2.45, 2.75) is 33.1 Å². The van der Waals surface area contributed by atoms with E-state index in [2.05, 4.69) is 6.07 Å². The molecule has 0 amide bonds. The molecule has 106 valence electrons.